The van der Waals surface area contributed by atoms with E-state index in [-0.39, 0.29) is 37.7 Å². The third-order valence-corrected chi connectivity index (χ3v) is 8.28. The van der Waals surface area contributed by atoms with Crippen LogP contribution >= 0.6 is 23.2 Å². The number of benzene rings is 1. The van der Waals surface area contributed by atoms with Crippen molar-refractivity contribution in [2.45, 2.75) is 42.7 Å². The van der Waals surface area contributed by atoms with Crippen LogP contribution in [0.1, 0.15) is 37.6 Å². The highest BCUT2D eigenvalue weighted by Crippen LogP contribution is 2.39. The van der Waals surface area contributed by atoms with E-state index in [1.165, 1.54) is 36.5 Å². The molecule has 1 aromatic carbocycles. The largest absolute Gasteiger partial charge is 0.439 e. The average molecular weight is 535 g/mol. The Kier molecular flexibility index (Phi) is 6.70. The van der Waals surface area contributed by atoms with E-state index in [1.54, 1.807) is 12.1 Å². The third kappa shape index (κ3) is 4.94. The molecule has 1 atom stereocenters. The summed E-state index contributed by atoms with van der Waals surface area (Å²) in [6, 6.07) is 10.2. The number of nitrogens with two attached hydrogens (primary N) is 1. The van der Waals surface area contributed by atoms with Crippen LogP contribution in [-0.2, 0) is 9.84 Å². The first-order valence-electron chi connectivity index (χ1n) is 10.8. The Morgan fingerprint density at radius 3 is 2.54 bits per heavy atom. The molecule has 3 aromatic rings. The van der Waals surface area contributed by atoms with Gasteiger partial charge in [-0.3, -0.25) is 4.79 Å². The Balaban J connectivity index is 1.77. The van der Waals surface area contributed by atoms with E-state index in [1.807, 2.05) is 18.7 Å². The van der Waals surface area contributed by atoms with E-state index in [0.29, 0.717) is 23.2 Å². The maximum absolute atomic E-state index is 13.6. The lowest BCUT2D eigenvalue weighted by molar-refractivity contribution is 0.0997. The van der Waals surface area contributed by atoms with E-state index in [0.717, 1.165) is 6.42 Å². The van der Waals surface area contributed by atoms with Crippen molar-refractivity contribution in [3.8, 4) is 11.6 Å². The Hall–Kier alpha value is -2.88. The van der Waals surface area contributed by atoms with Crippen molar-refractivity contribution < 1.29 is 17.9 Å². The van der Waals surface area contributed by atoms with Gasteiger partial charge in [0.2, 0.25) is 15.7 Å². The van der Waals surface area contributed by atoms with Crippen LogP contribution in [0.25, 0.3) is 0 Å². The van der Waals surface area contributed by atoms with E-state index in [2.05, 4.69) is 16.9 Å². The number of nitrogens with zero attached hydrogens (tertiary/aromatic N) is 3. The lowest BCUT2D eigenvalue weighted by Crippen LogP contribution is -2.40. The summed E-state index contributed by atoms with van der Waals surface area (Å²) in [5.41, 5.74) is 5.21. The Labute approximate surface area is 214 Å². The average Bonchev–Trinajstić information content (AvgIpc) is 3.07. The smallest absolute Gasteiger partial charge is 0.253 e. The van der Waals surface area contributed by atoms with Crippen molar-refractivity contribution in [1.29, 1.82) is 0 Å². The van der Waals surface area contributed by atoms with Gasteiger partial charge in [-0.15, -0.1) is 0 Å². The molecule has 4 rings (SSSR count). The highest BCUT2D eigenvalue weighted by atomic mass is 35.5. The molecule has 1 fully saturated rings. The lowest BCUT2D eigenvalue weighted by Gasteiger charge is -2.33. The third-order valence-electron chi connectivity index (χ3n) is 5.84. The highest BCUT2D eigenvalue weighted by molar-refractivity contribution is 7.91. The van der Waals surface area contributed by atoms with Crippen LogP contribution in [0.15, 0.2) is 58.6 Å². The maximum Gasteiger partial charge on any atom is 0.253 e. The minimum Gasteiger partial charge on any atom is -0.439 e. The molecular weight excluding hydrogens is 511 g/mol. The molecule has 11 heteroatoms. The van der Waals surface area contributed by atoms with Crippen LogP contribution in [0.4, 0.5) is 5.82 Å². The predicted octanol–water partition coefficient (Wildman–Crippen LogP) is 5.13. The number of primary amides is 1. The van der Waals surface area contributed by atoms with Crippen LogP contribution in [0.2, 0.25) is 10.0 Å². The number of rotatable bonds is 6. The van der Waals surface area contributed by atoms with Gasteiger partial charge in [-0.2, -0.15) is 0 Å². The first-order valence-corrected chi connectivity index (χ1v) is 13.1. The van der Waals surface area contributed by atoms with E-state index >= 15 is 0 Å². The number of hydrogen-bond acceptors (Lipinski definition) is 7. The van der Waals surface area contributed by atoms with Gasteiger partial charge >= 0.3 is 0 Å². The van der Waals surface area contributed by atoms with Crippen molar-refractivity contribution in [2.24, 2.45) is 11.7 Å². The Morgan fingerprint density at radius 1 is 1.17 bits per heavy atom. The van der Waals surface area contributed by atoms with Crippen molar-refractivity contribution in [3.05, 3.63) is 64.3 Å². The van der Waals surface area contributed by atoms with E-state index in [9.17, 15) is 13.2 Å². The zero-order valence-electron chi connectivity index (χ0n) is 19.3. The van der Waals surface area contributed by atoms with Gasteiger partial charge in [-0.25, -0.2) is 18.4 Å². The summed E-state index contributed by atoms with van der Waals surface area (Å²) in [4.78, 5) is 22.8. The van der Waals surface area contributed by atoms with Crippen LogP contribution in [0, 0.1) is 5.92 Å². The second-order valence-electron chi connectivity index (χ2n) is 9.10. The van der Waals surface area contributed by atoms with Gasteiger partial charge in [0.1, 0.15) is 17.1 Å². The summed E-state index contributed by atoms with van der Waals surface area (Å²) in [6.45, 7) is 6.76. The predicted molar refractivity (Wildman–Crippen MR) is 134 cm³/mol. The molecule has 0 bridgehead atoms. The van der Waals surface area contributed by atoms with Gasteiger partial charge in [0.05, 0.1) is 14.9 Å². The van der Waals surface area contributed by atoms with Crippen LogP contribution in [-0.4, -0.2) is 36.4 Å². The molecule has 0 saturated carbocycles. The first kappa shape index (κ1) is 25.2. The molecule has 2 N–H and O–H groups in total. The molecule has 3 heterocycles. The van der Waals surface area contributed by atoms with E-state index in [4.69, 9.17) is 33.7 Å². The number of ether oxygens (including phenoxy) is 1. The molecule has 1 aliphatic rings. The van der Waals surface area contributed by atoms with Gasteiger partial charge in [-0.05, 0) is 50.5 Å². The fraction of sp³-hybridized carbons (Fsp3) is 0.292. The number of amides is 1. The summed E-state index contributed by atoms with van der Waals surface area (Å²) in [5, 5.41) is 0.331. The number of carbonyl (C=O) groups is 1. The van der Waals surface area contributed by atoms with Crippen LogP contribution in [0.5, 0.6) is 11.6 Å². The summed E-state index contributed by atoms with van der Waals surface area (Å²) in [5.74, 6) is 0.0516. The SMILES string of the molecule is CC1CN(c2nccc(S(=O)(=O)c3cccc(Oc4ccc(Cl)c(Cl)c4)n3)c2C(N)=O)C(C)(C)C1. The number of anilines is 1. The van der Waals surface area contributed by atoms with Crippen molar-refractivity contribution in [2.75, 3.05) is 11.4 Å². The lowest BCUT2D eigenvalue weighted by atomic mass is 9.97. The van der Waals surface area contributed by atoms with Gasteiger partial charge in [0.15, 0.2) is 5.03 Å². The van der Waals surface area contributed by atoms with Gasteiger partial charge < -0.3 is 15.4 Å². The Bertz CT molecular complexity index is 1410. The molecule has 0 spiro atoms. The standard InChI is InChI=1S/C24H24Cl2N4O4S/c1-14-12-24(2,3)30(13-14)23-21(22(27)31)18(9-10-28-23)35(32,33)20-6-4-5-19(29-20)34-15-7-8-16(25)17(26)11-15/h4-11,14H,12-13H2,1-3H3,(H2,27,31). The van der Waals surface area contributed by atoms with Crippen molar-refractivity contribution in [1.82, 2.24) is 9.97 Å². The normalized spacial score (nSPS) is 17.4. The molecule has 1 saturated heterocycles. The summed E-state index contributed by atoms with van der Waals surface area (Å²) in [6.07, 6.45) is 2.23. The zero-order chi connectivity index (χ0) is 25.5. The second-order valence-corrected chi connectivity index (χ2v) is 11.8. The van der Waals surface area contributed by atoms with Crippen molar-refractivity contribution >= 4 is 44.8 Å². The summed E-state index contributed by atoms with van der Waals surface area (Å²) in [7, 11) is -4.25. The molecule has 1 unspecified atom stereocenters. The molecule has 2 aromatic heterocycles. The molecule has 1 amide bonds. The topological polar surface area (TPSA) is 115 Å². The number of pyridine rings is 2. The van der Waals surface area contributed by atoms with Gasteiger partial charge in [0, 0.05) is 30.4 Å². The van der Waals surface area contributed by atoms with Crippen LogP contribution < -0.4 is 15.4 Å². The van der Waals surface area contributed by atoms with Crippen LogP contribution in [0.3, 0.4) is 0 Å². The number of sulfone groups is 1. The molecule has 0 radical (unpaired) electrons. The van der Waals surface area contributed by atoms with E-state index < -0.39 is 15.7 Å². The van der Waals surface area contributed by atoms with Crippen molar-refractivity contribution in [3.63, 3.8) is 0 Å². The monoisotopic (exact) mass is 534 g/mol. The Morgan fingerprint density at radius 2 is 1.91 bits per heavy atom. The molecule has 35 heavy (non-hydrogen) atoms. The quantitative estimate of drug-likeness (QED) is 0.465. The first-order chi connectivity index (χ1) is 16.4. The zero-order valence-corrected chi connectivity index (χ0v) is 21.7. The van der Waals surface area contributed by atoms with Gasteiger partial charge in [0.25, 0.3) is 5.91 Å². The fourth-order valence-corrected chi connectivity index (χ4v) is 6.11. The fourth-order valence-electron chi connectivity index (χ4n) is 4.43. The summed E-state index contributed by atoms with van der Waals surface area (Å²) >= 11 is 12.0. The molecule has 184 valence electrons. The summed E-state index contributed by atoms with van der Waals surface area (Å²) < 4.78 is 33.0. The number of carbonyl (C=O) groups excluding carboxylic acids is 1. The number of aromatic nitrogens is 2. The van der Waals surface area contributed by atoms with Gasteiger partial charge in [-0.1, -0.05) is 36.2 Å². The highest BCUT2D eigenvalue weighted by Gasteiger charge is 2.40. The molecular formula is C24H24Cl2N4O4S. The minimum absolute atomic E-state index is 0.0221. The molecule has 0 aliphatic carbocycles. The minimum atomic E-state index is -4.25. The number of hydrogen-bond donors (Lipinski definition) is 1. The molecule has 1 aliphatic heterocycles. The maximum atomic E-state index is 13.6. The number of halogens is 2. The second kappa shape index (κ2) is 9.29. The molecule has 8 nitrogen and oxygen atoms in total.